The van der Waals surface area contributed by atoms with Crippen LogP contribution in [0.4, 0.5) is 5.69 Å². The number of benzene rings is 1. The van der Waals surface area contributed by atoms with E-state index in [4.69, 9.17) is 0 Å². The molecular formula is C23H38N2O3. The lowest BCUT2D eigenvalue weighted by Gasteiger charge is -2.24. The standard InChI is InChI=1S/C23H38N2O3/c1-4-5-6-7-8-9-10-11-15-18-21(24-20-16-13-12-14-17-20)23(27)25(2)19-22(26)28-3/h12-14,16-17,21,24H,4-11,15,18-19H2,1-3H3/t21-/m1/s1. The fourth-order valence-corrected chi connectivity index (χ4v) is 3.25. The summed E-state index contributed by atoms with van der Waals surface area (Å²) in [7, 11) is 2.98. The maximum atomic E-state index is 12.8. The number of para-hydroxylation sites is 1. The number of ether oxygens (including phenoxy) is 1. The van der Waals surface area contributed by atoms with Crippen molar-refractivity contribution in [2.75, 3.05) is 26.0 Å². The fraction of sp³-hybridized carbons (Fsp3) is 0.652. The predicted octanol–water partition coefficient (Wildman–Crippen LogP) is 5.02. The summed E-state index contributed by atoms with van der Waals surface area (Å²) in [5, 5.41) is 3.33. The summed E-state index contributed by atoms with van der Waals surface area (Å²) < 4.78 is 4.68. The molecule has 28 heavy (non-hydrogen) atoms. The van der Waals surface area contributed by atoms with E-state index in [9.17, 15) is 9.59 Å². The first-order chi connectivity index (χ1) is 13.6. The molecule has 0 aromatic heterocycles. The first kappa shape index (κ1) is 24.0. The van der Waals surface area contributed by atoms with Gasteiger partial charge in [-0.1, -0.05) is 82.9 Å². The van der Waals surface area contributed by atoms with Crippen molar-refractivity contribution in [3.8, 4) is 0 Å². The summed E-state index contributed by atoms with van der Waals surface area (Å²) in [6.45, 7) is 2.21. The van der Waals surface area contributed by atoms with E-state index in [0.29, 0.717) is 0 Å². The molecule has 0 heterocycles. The van der Waals surface area contributed by atoms with Gasteiger partial charge in [0.15, 0.2) is 0 Å². The van der Waals surface area contributed by atoms with E-state index in [0.717, 1.165) is 24.9 Å². The van der Waals surface area contributed by atoms with E-state index >= 15 is 0 Å². The Morgan fingerprint density at radius 3 is 2.11 bits per heavy atom. The third-order valence-corrected chi connectivity index (χ3v) is 4.98. The second kappa shape index (κ2) is 14.9. The lowest BCUT2D eigenvalue weighted by Crippen LogP contribution is -2.43. The van der Waals surface area contributed by atoms with Crippen molar-refractivity contribution >= 4 is 17.6 Å². The molecular weight excluding hydrogens is 352 g/mol. The zero-order valence-electron chi connectivity index (χ0n) is 17.9. The highest BCUT2D eigenvalue weighted by Gasteiger charge is 2.23. The van der Waals surface area contributed by atoms with Gasteiger partial charge < -0.3 is 15.0 Å². The van der Waals surface area contributed by atoms with Crippen LogP contribution in [0.15, 0.2) is 30.3 Å². The Hall–Kier alpha value is -2.04. The topological polar surface area (TPSA) is 58.6 Å². The summed E-state index contributed by atoms with van der Waals surface area (Å²) >= 11 is 0. The van der Waals surface area contributed by atoms with Gasteiger partial charge in [-0.25, -0.2) is 0 Å². The number of hydrogen-bond donors (Lipinski definition) is 1. The monoisotopic (exact) mass is 390 g/mol. The molecule has 0 fully saturated rings. The van der Waals surface area contributed by atoms with Gasteiger partial charge in [0, 0.05) is 12.7 Å². The number of nitrogens with one attached hydrogen (secondary N) is 1. The van der Waals surface area contributed by atoms with Gasteiger partial charge in [-0.2, -0.15) is 0 Å². The highest BCUT2D eigenvalue weighted by molar-refractivity contribution is 5.87. The second-order valence-corrected chi connectivity index (χ2v) is 7.45. The number of rotatable bonds is 15. The largest absolute Gasteiger partial charge is 0.468 e. The minimum absolute atomic E-state index is 0.0277. The Labute approximate surface area is 170 Å². The van der Waals surface area contributed by atoms with Crippen LogP contribution in [0.25, 0.3) is 0 Å². The van der Waals surface area contributed by atoms with Crippen LogP contribution < -0.4 is 5.32 Å². The summed E-state index contributed by atoms with van der Waals surface area (Å²) in [6, 6.07) is 9.42. The first-order valence-electron chi connectivity index (χ1n) is 10.7. The van der Waals surface area contributed by atoms with Crippen LogP contribution in [0, 0.1) is 0 Å². The molecule has 1 atom stereocenters. The minimum atomic E-state index is -0.405. The second-order valence-electron chi connectivity index (χ2n) is 7.45. The summed E-state index contributed by atoms with van der Waals surface area (Å²) in [5.41, 5.74) is 0.920. The average Bonchev–Trinajstić information content (AvgIpc) is 2.71. The summed E-state index contributed by atoms with van der Waals surface area (Å²) in [4.78, 5) is 25.8. The summed E-state index contributed by atoms with van der Waals surface area (Å²) in [6.07, 6.45) is 12.0. The van der Waals surface area contributed by atoms with Gasteiger partial charge in [0.25, 0.3) is 0 Å². The molecule has 1 amide bonds. The Morgan fingerprint density at radius 1 is 0.964 bits per heavy atom. The lowest BCUT2D eigenvalue weighted by atomic mass is 10.0. The van der Waals surface area contributed by atoms with Gasteiger partial charge >= 0.3 is 5.97 Å². The number of unbranched alkanes of at least 4 members (excludes halogenated alkanes) is 8. The van der Waals surface area contributed by atoms with E-state index in [1.54, 1.807) is 7.05 Å². The van der Waals surface area contributed by atoms with Crippen molar-refractivity contribution in [1.82, 2.24) is 4.90 Å². The van der Waals surface area contributed by atoms with E-state index in [1.165, 1.54) is 57.0 Å². The molecule has 0 bridgehead atoms. The molecule has 0 unspecified atom stereocenters. The average molecular weight is 391 g/mol. The number of carbonyl (C=O) groups excluding carboxylic acids is 2. The van der Waals surface area contributed by atoms with E-state index in [1.807, 2.05) is 30.3 Å². The van der Waals surface area contributed by atoms with Gasteiger partial charge in [0.05, 0.1) is 7.11 Å². The molecule has 0 saturated carbocycles. The van der Waals surface area contributed by atoms with Crippen molar-refractivity contribution in [3.05, 3.63) is 30.3 Å². The maximum Gasteiger partial charge on any atom is 0.325 e. The molecule has 0 aliphatic carbocycles. The highest BCUT2D eigenvalue weighted by atomic mass is 16.5. The van der Waals surface area contributed by atoms with Crippen molar-refractivity contribution in [1.29, 1.82) is 0 Å². The molecule has 5 nitrogen and oxygen atoms in total. The number of methoxy groups -OCH3 is 1. The number of amides is 1. The van der Waals surface area contributed by atoms with Gasteiger partial charge in [0.2, 0.25) is 5.91 Å². The van der Waals surface area contributed by atoms with Crippen LogP contribution >= 0.6 is 0 Å². The fourth-order valence-electron chi connectivity index (χ4n) is 3.25. The molecule has 0 saturated heterocycles. The van der Waals surface area contributed by atoms with Crippen molar-refractivity contribution in [2.24, 2.45) is 0 Å². The van der Waals surface area contributed by atoms with E-state index in [2.05, 4.69) is 17.0 Å². The highest BCUT2D eigenvalue weighted by Crippen LogP contribution is 2.15. The molecule has 158 valence electrons. The molecule has 0 aliphatic rings. The van der Waals surface area contributed by atoms with Crippen LogP contribution in [-0.4, -0.2) is 43.5 Å². The van der Waals surface area contributed by atoms with Crippen LogP contribution in [-0.2, 0) is 14.3 Å². The molecule has 5 heteroatoms. The Morgan fingerprint density at radius 2 is 1.54 bits per heavy atom. The number of likely N-dealkylation sites (N-methyl/N-ethyl adjacent to an activating group) is 1. The van der Waals surface area contributed by atoms with Gasteiger partial charge in [-0.3, -0.25) is 9.59 Å². The number of anilines is 1. The Kier molecular flexibility index (Phi) is 12.8. The number of hydrogen-bond acceptors (Lipinski definition) is 4. The Balaban J connectivity index is 2.45. The molecule has 0 radical (unpaired) electrons. The molecule has 0 spiro atoms. The Bertz CT molecular complexity index is 548. The lowest BCUT2D eigenvalue weighted by molar-refractivity contribution is -0.146. The quantitative estimate of drug-likeness (QED) is 0.337. The molecule has 1 N–H and O–H groups in total. The van der Waals surface area contributed by atoms with Crippen LogP contribution in [0.5, 0.6) is 0 Å². The zero-order chi connectivity index (χ0) is 20.6. The molecule has 0 aliphatic heterocycles. The van der Waals surface area contributed by atoms with Crippen LogP contribution in [0.3, 0.4) is 0 Å². The third kappa shape index (κ3) is 10.3. The SMILES string of the molecule is CCCCCCCCCCC[C@@H](Nc1ccccc1)C(=O)N(C)CC(=O)OC. The first-order valence-corrected chi connectivity index (χ1v) is 10.7. The minimum Gasteiger partial charge on any atom is -0.468 e. The number of carbonyl (C=O) groups is 2. The molecule has 1 aromatic rings. The van der Waals surface area contributed by atoms with Crippen LogP contribution in [0.1, 0.15) is 71.1 Å². The number of nitrogens with zero attached hydrogens (tertiary/aromatic N) is 1. The van der Waals surface area contributed by atoms with E-state index in [-0.39, 0.29) is 18.5 Å². The van der Waals surface area contributed by atoms with Gasteiger partial charge in [0.1, 0.15) is 12.6 Å². The normalized spacial score (nSPS) is 11.7. The number of esters is 1. The van der Waals surface area contributed by atoms with E-state index < -0.39 is 5.97 Å². The molecule has 1 aromatic carbocycles. The zero-order valence-corrected chi connectivity index (χ0v) is 17.9. The van der Waals surface area contributed by atoms with Gasteiger partial charge in [-0.05, 0) is 18.6 Å². The van der Waals surface area contributed by atoms with Crippen LogP contribution in [0.2, 0.25) is 0 Å². The maximum absolute atomic E-state index is 12.8. The predicted molar refractivity (Wildman–Crippen MR) is 115 cm³/mol. The molecule has 1 rings (SSSR count). The smallest absolute Gasteiger partial charge is 0.325 e. The van der Waals surface area contributed by atoms with Crippen molar-refractivity contribution in [2.45, 2.75) is 77.2 Å². The summed E-state index contributed by atoms with van der Waals surface area (Å²) in [5.74, 6) is -0.480. The third-order valence-electron chi connectivity index (χ3n) is 4.98. The van der Waals surface area contributed by atoms with Crippen molar-refractivity contribution in [3.63, 3.8) is 0 Å². The van der Waals surface area contributed by atoms with Gasteiger partial charge in [-0.15, -0.1) is 0 Å². The van der Waals surface area contributed by atoms with Crippen molar-refractivity contribution < 1.29 is 14.3 Å².